The number of anilines is 1. The van der Waals surface area contributed by atoms with Gasteiger partial charge in [-0.1, -0.05) is 44.2 Å². The molecular weight excluding hydrogens is 302 g/mol. The van der Waals surface area contributed by atoms with Crippen LogP contribution in [0.2, 0.25) is 0 Å². The lowest BCUT2D eigenvalue weighted by atomic mass is 10.2. The molecule has 0 saturated carbocycles. The second-order valence-corrected chi connectivity index (χ2v) is 5.92. The van der Waals surface area contributed by atoms with Gasteiger partial charge in [-0.15, -0.1) is 0 Å². The number of nitrogens with zero attached hydrogens (tertiary/aromatic N) is 1. The second kappa shape index (κ2) is 8.72. The van der Waals surface area contributed by atoms with Gasteiger partial charge in [0, 0.05) is 5.69 Å². The van der Waals surface area contributed by atoms with E-state index in [1.807, 2.05) is 55.5 Å². The van der Waals surface area contributed by atoms with E-state index < -0.39 is 0 Å². The first-order valence-corrected chi connectivity index (χ1v) is 7.93. The Morgan fingerprint density at radius 3 is 2.75 bits per heavy atom. The number of benzene rings is 2. The molecule has 0 radical (unpaired) electrons. The summed E-state index contributed by atoms with van der Waals surface area (Å²) in [5, 5.41) is 6.71. The Morgan fingerprint density at radius 1 is 1.21 bits per heavy atom. The average molecular weight is 325 g/mol. The van der Waals surface area contributed by atoms with Crippen molar-refractivity contribution in [1.82, 2.24) is 5.43 Å². The van der Waals surface area contributed by atoms with E-state index in [0.717, 1.165) is 22.6 Å². The number of rotatable bonds is 6. The lowest BCUT2D eigenvalue weighted by molar-refractivity contribution is 0.252. The number of hydrazone groups is 1. The van der Waals surface area contributed by atoms with E-state index in [-0.39, 0.29) is 6.03 Å². The predicted octanol–water partition coefficient (Wildman–Crippen LogP) is 4.19. The highest BCUT2D eigenvalue weighted by molar-refractivity contribution is 5.91. The molecular formula is C19H23N3O2. The first kappa shape index (κ1) is 17.5. The molecule has 0 aliphatic carbocycles. The number of amides is 2. The summed E-state index contributed by atoms with van der Waals surface area (Å²) in [7, 11) is 0. The molecule has 0 heterocycles. The highest BCUT2D eigenvalue weighted by Crippen LogP contribution is 2.14. The largest absolute Gasteiger partial charge is 0.493 e. The maximum atomic E-state index is 11.8. The zero-order valence-electron chi connectivity index (χ0n) is 14.2. The van der Waals surface area contributed by atoms with Crippen LogP contribution >= 0.6 is 0 Å². The van der Waals surface area contributed by atoms with Crippen LogP contribution in [0.15, 0.2) is 53.6 Å². The highest BCUT2D eigenvalue weighted by atomic mass is 16.5. The standard InChI is InChI=1S/C19H23N3O2/c1-14(2)13-24-17-9-6-8-16(11-17)12-20-22-19(23)21-18-10-5-4-7-15(18)3/h4-12,14H,13H2,1-3H3,(H2,21,22,23)/b20-12-. The number of nitrogens with one attached hydrogen (secondary N) is 2. The van der Waals surface area contributed by atoms with Crippen LogP contribution in [0.5, 0.6) is 5.75 Å². The Morgan fingerprint density at radius 2 is 2.00 bits per heavy atom. The molecule has 0 fully saturated rings. The van der Waals surface area contributed by atoms with Crippen LogP contribution in [0.25, 0.3) is 0 Å². The molecule has 0 unspecified atom stereocenters. The fourth-order valence-electron chi connectivity index (χ4n) is 1.98. The summed E-state index contributed by atoms with van der Waals surface area (Å²) < 4.78 is 5.67. The van der Waals surface area contributed by atoms with Gasteiger partial charge >= 0.3 is 6.03 Å². The van der Waals surface area contributed by atoms with E-state index in [9.17, 15) is 4.79 Å². The lowest BCUT2D eigenvalue weighted by Gasteiger charge is -2.09. The van der Waals surface area contributed by atoms with Crippen molar-refractivity contribution in [2.45, 2.75) is 20.8 Å². The zero-order valence-corrected chi connectivity index (χ0v) is 14.2. The summed E-state index contributed by atoms with van der Waals surface area (Å²) in [5.41, 5.74) is 5.06. The first-order chi connectivity index (χ1) is 11.5. The van der Waals surface area contributed by atoms with Gasteiger partial charge in [-0.2, -0.15) is 5.10 Å². The van der Waals surface area contributed by atoms with Crippen LogP contribution in [-0.2, 0) is 0 Å². The van der Waals surface area contributed by atoms with E-state index in [0.29, 0.717) is 12.5 Å². The maximum Gasteiger partial charge on any atom is 0.339 e. The fourth-order valence-corrected chi connectivity index (χ4v) is 1.98. The molecule has 0 atom stereocenters. The van der Waals surface area contributed by atoms with Crippen LogP contribution in [0.4, 0.5) is 10.5 Å². The van der Waals surface area contributed by atoms with E-state index in [1.54, 1.807) is 6.21 Å². The molecule has 0 saturated heterocycles. The third-order valence-electron chi connectivity index (χ3n) is 3.21. The van der Waals surface area contributed by atoms with Crippen molar-refractivity contribution in [3.05, 3.63) is 59.7 Å². The molecule has 2 aromatic rings. The van der Waals surface area contributed by atoms with Gasteiger partial charge in [-0.25, -0.2) is 10.2 Å². The van der Waals surface area contributed by atoms with Crippen molar-refractivity contribution in [3.63, 3.8) is 0 Å². The lowest BCUT2D eigenvalue weighted by Crippen LogP contribution is -2.24. The van der Waals surface area contributed by atoms with Crippen LogP contribution in [-0.4, -0.2) is 18.9 Å². The first-order valence-electron chi connectivity index (χ1n) is 7.93. The summed E-state index contributed by atoms with van der Waals surface area (Å²) in [4.78, 5) is 11.8. The molecule has 126 valence electrons. The van der Waals surface area contributed by atoms with Crippen molar-refractivity contribution in [2.75, 3.05) is 11.9 Å². The summed E-state index contributed by atoms with van der Waals surface area (Å²) in [6.07, 6.45) is 1.58. The number of carbonyl (C=O) groups excluding carboxylic acids is 1. The van der Waals surface area contributed by atoms with Crippen LogP contribution in [0.3, 0.4) is 0 Å². The minimum absolute atomic E-state index is 0.382. The summed E-state index contributed by atoms with van der Waals surface area (Å²) in [5.74, 6) is 1.26. The van der Waals surface area contributed by atoms with Gasteiger partial charge in [0.25, 0.3) is 0 Å². The number of carbonyl (C=O) groups is 1. The number of para-hydroxylation sites is 1. The number of ether oxygens (including phenoxy) is 1. The minimum atomic E-state index is -0.382. The molecule has 0 bridgehead atoms. The van der Waals surface area contributed by atoms with Gasteiger partial charge in [0.1, 0.15) is 5.75 Å². The Kier molecular flexibility index (Phi) is 6.37. The Hall–Kier alpha value is -2.82. The van der Waals surface area contributed by atoms with Gasteiger partial charge in [0.2, 0.25) is 0 Å². The van der Waals surface area contributed by atoms with E-state index in [1.165, 1.54) is 0 Å². The van der Waals surface area contributed by atoms with E-state index >= 15 is 0 Å². The molecule has 5 nitrogen and oxygen atoms in total. The van der Waals surface area contributed by atoms with Gasteiger partial charge in [0.15, 0.2) is 0 Å². The average Bonchev–Trinajstić information content (AvgIpc) is 2.55. The van der Waals surface area contributed by atoms with Gasteiger partial charge in [-0.05, 0) is 42.2 Å². The number of aryl methyl sites for hydroxylation is 1. The maximum absolute atomic E-state index is 11.8. The Bertz CT molecular complexity index is 711. The summed E-state index contributed by atoms with van der Waals surface area (Å²) >= 11 is 0. The van der Waals surface area contributed by atoms with Crippen molar-refractivity contribution in [3.8, 4) is 5.75 Å². The van der Waals surface area contributed by atoms with Crippen molar-refractivity contribution in [2.24, 2.45) is 11.0 Å². The molecule has 0 spiro atoms. The smallest absolute Gasteiger partial charge is 0.339 e. The monoisotopic (exact) mass is 325 g/mol. The van der Waals surface area contributed by atoms with Crippen LogP contribution in [0, 0.1) is 12.8 Å². The molecule has 0 aromatic heterocycles. The highest BCUT2D eigenvalue weighted by Gasteiger charge is 2.02. The molecule has 0 aliphatic heterocycles. The molecule has 2 aromatic carbocycles. The minimum Gasteiger partial charge on any atom is -0.493 e. The third kappa shape index (κ3) is 5.76. The van der Waals surface area contributed by atoms with E-state index in [4.69, 9.17) is 4.74 Å². The summed E-state index contributed by atoms with van der Waals surface area (Å²) in [6.45, 7) is 6.80. The fraction of sp³-hybridized carbons (Fsp3) is 0.263. The number of urea groups is 1. The van der Waals surface area contributed by atoms with Crippen molar-refractivity contribution >= 4 is 17.9 Å². The van der Waals surface area contributed by atoms with Gasteiger partial charge < -0.3 is 10.1 Å². The molecule has 5 heteroatoms. The van der Waals surface area contributed by atoms with Crippen LogP contribution in [0.1, 0.15) is 25.0 Å². The van der Waals surface area contributed by atoms with Crippen molar-refractivity contribution < 1.29 is 9.53 Å². The summed E-state index contributed by atoms with van der Waals surface area (Å²) in [6, 6.07) is 14.8. The molecule has 0 aliphatic rings. The zero-order chi connectivity index (χ0) is 17.4. The van der Waals surface area contributed by atoms with E-state index in [2.05, 4.69) is 29.7 Å². The second-order valence-electron chi connectivity index (χ2n) is 5.92. The van der Waals surface area contributed by atoms with Gasteiger partial charge in [0.05, 0.1) is 12.8 Å². The Balaban J connectivity index is 1.88. The molecule has 2 amide bonds. The molecule has 24 heavy (non-hydrogen) atoms. The quantitative estimate of drug-likeness (QED) is 0.618. The van der Waals surface area contributed by atoms with Gasteiger partial charge in [-0.3, -0.25) is 0 Å². The van der Waals surface area contributed by atoms with Crippen molar-refractivity contribution in [1.29, 1.82) is 0 Å². The molecule has 2 N–H and O–H groups in total. The topological polar surface area (TPSA) is 62.7 Å². The predicted molar refractivity (Wildman–Crippen MR) is 97.7 cm³/mol. The number of hydrogen-bond acceptors (Lipinski definition) is 3. The molecule has 2 rings (SSSR count). The number of hydrogen-bond donors (Lipinski definition) is 2. The SMILES string of the molecule is Cc1ccccc1NC(=O)N/N=C\c1cccc(OCC(C)C)c1. The third-order valence-corrected chi connectivity index (χ3v) is 3.21. The van der Waals surface area contributed by atoms with Crippen LogP contribution < -0.4 is 15.5 Å². The normalized spacial score (nSPS) is 10.8. The Labute approximate surface area is 142 Å².